The molecule has 0 spiro atoms. The van der Waals surface area contributed by atoms with E-state index in [1.165, 1.54) is 24.0 Å². The van der Waals surface area contributed by atoms with E-state index in [1.807, 2.05) is 54.8 Å². The second-order valence-electron chi connectivity index (χ2n) is 9.37. The summed E-state index contributed by atoms with van der Waals surface area (Å²) in [5, 5.41) is 14.4. The molecule has 8 heteroatoms. The highest BCUT2D eigenvalue weighted by Gasteiger charge is 2.18. The van der Waals surface area contributed by atoms with Crippen molar-refractivity contribution in [1.82, 2.24) is 5.32 Å². The zero-order chi connectivity index (χ0) is 27.6. The van der Waals surface area contributed by atoms with Crippen LogP contribution in [0.4, 0.5) is 16.2 Å². The highest BCUT2D eigenvalue weighted by atomic mass is 32.2. The Hall–Kier alpha value is -4.04. The van der Waals surface area contributed by atoms with Crippen LogP contribution in [-0.2, 0) is 11.3 Å². The van der Waals surface area contributed by atoms with Gasteiger partial charge in [-0.15, -0.1) is 11.8 Å². The van der Waals surface area contributed by atoms with Crippen molar-refractivity contribution >= 4 is 46.6 Å². The Morgan fingerprint density at radius 1 is 0.975 bits per heavy atom. The van der Waals surface area contributed by atoms with Crippen LogP contribution in [-0.4, -0.2) is 35.8 Å². The number of amides is 3. The Morgan fingerprint density at radius 3 is 2.38 bits per heavy atom. The number of hydrogen-bond donors (Lipinski definition) is 3. The number of thioether (sulfide) groups is 1. The maximum Gasteiger partial charge on any atom is 0.326 e. The van der Waals surface area contributed by atoms with Gasteiger partial charge in [-0.1, -0.05) is 43.8 Å². The smallest absolute Gasteiger partial charge is 0.326 e. The first-order valence-electron chi connectivity index (χ1n) is 13.0. The van der Waals surface area contributed by atoms with Gasteiger partial charge in [0.15, 0.2) is 0 Å². The number of anilines is 2. The molecule has 1 aliphatic carbocycles. The molecule has 0 aliphatic heterocycles. The molecule has 3 amide bonds. The maximum atomic E-state index is 13.5. The zero-order valence-electron chi connectivity index (χ0n) is 22.0. The molecule has 0 saturated heterocycles. The van der Waals surface area contributed by atoms with Crippen LogP contribution in [0, 0.1) is 0 Å². The number of benzene rings is 3. The molecule has 0 unspecified atom stereocenters. The molecule has 40 heavy (non-hydrogen) atoms. The molecule has 0 saturated carbocycles. The first-order chi connectivity index (χ1) is 18.9. The second-order valence-corrected chi connectivity index (χ2v) is 10.2. The third kappa shape index (κ3) is 8.48. The van der Waals surface area contributed by atoms with Crippen molar-refractivity contribution in [3.8, 4) is 0 Å². The second kappa shape index (κ2) is 14.9. The zero-order valence-corrected chi connectivity index (χ0v) is 22.8. The standard InChI is InChI=1S/C31H33N3O4S.CH4/c1-39-28-9-5-8-26(20-28)33-31(38)34(27-16-14-24(15-17-27)23-6-3-2-4-7-23)21-22-10-12-25(13-11-22)30(37)32-19-18-29(35)36;/h5-6,8-17,20H,2-4,7,18-19,21H2,1H3,(H,32,37)(H,33,38)(H,35,36);1H4. The van der Waals surface area contributed by atoms with Gasteiger partial charge < -0.3 is 15.7 Å². The van der Waals surface area contributed by atoms with Crippen LogP contribution < -0.4 is 15.5 Å². The van der Waals surface area contributed by atoms with Gasteiger partial charge in [-0.25, -0.2) is 4.79 Å². The molecule has 3 aromatic rings. The Kier molecular flexibility index (Phi) is 11.4. The van der Waals surface area contributed by atoms with Crippen molar-refractivity contribution in [3.05, 3.63) is 95.6 Å². The van der Waals surface area contributed by atoms with E-state index in [0.717, 1.165) is 29.0 Å². The molecule has 7 nitrogen and oxygen atoms in total. The molecule has 1 aliphatic rings. The number of hydrogen-bond acceptors (Lipinski definition) is 4. The van der Waals surface area contributed by atoms with Gasteiger partial charge in [0.2, 0.25) is 0 Å². The van der Waals surface area contributed by atoms with Gasteiger partial charge >= 0.3 is 12.0 Å². The van der Waals surface area contributed by atoms with Crippen LogP contribution in [0.2, 0.25) is 0 Å². The van der Waals surface area contributed by atoms with Gasteiger partial charge in [0.1, 0.15) is 0 Å². The summed E-state index contributed by atoms with van der Waals surface area (Å²) in [5.41, 5.74) is 5.31. The summed E-state index contributed by atoms with van der Waals surface area (Å²) in [5.74, 6) is -1.30. The van der Waals surface area contributed by atoms with Crippen molar-refractivity contribution in [1.29, 1.82) is 0 Å². The third-order valence-electron chi connectivity index (χ3n) is 6.59. The number of urea groups is 1. The fourth-order valence-corrected chi connectivity index (χ4v) is 4.92. The molecule has 0 atom stereocenters. The van der Waals surface area contributed by atoms with Crippen LogP contribution in [0.3, 0.4) is 0 Å². The average molecular weight is 560 g/mol. The van der Waals surface area contributed by atoms with E-state index in [0.29, 0.717) is 17.8 Å². The van der Waals surface area contributed by atoms with Gasteiger partial charge in [0.25, 0.3) is 5.91 Å². The highest BCUT2D eigenvalue weighted by Crippen LogP contribution is 2.29. The highest BCUT2D eigenvalue weighted by molar-refractivity contribution is 7.98. The largest absolute Gasteiger partial charge is 0.481 e. The van der Waals surface area contributed by atoms with E-state index in [-0.39, 0.29) is 32.3 Å². The molecular weight excluding hydrogens is 522 g/mol. The van der Waals surface area contributed by atoms with Gasteiger partial charge in [0.05, 0.1) is 13.0 Å². The van der Waals surface area contributed by atoms with Crippen LogP contribution in [0.5, 0.6) is 0 Å². The lowest BCUT2D eigenvalue weighted by molar-refractivity contribution is -0.136. The van der Waals surface area contributed by atoms with Gasteiger partial charge in [-0.05, 0) is 91.1 Å². The van der Waals surface area contributed by atoms with Crippen molar-refractivity contribution in [2.45, 2.75) is 51.0 Å². The molecule has 3 N–H and O–H groups in total. The Morgan fingerprint density at radius 2 is 1.73 bits per heavy atom. The van der Waals surface area contributed by atoms with Gasteiger partial charge in [-0.2, -0.15) is 0 Å². The lowest BCUT2D eigenvalue weighted by Crippen LogP contribution is -2.34. The number of rotatable bonds is 10. The van der Waals surface area contributed by atoms with E-state index in [2.05, 4.69) is 28.8 Å². The van der Waals surface area contributed by atoms with E-state index in [9.17, 15) is 14.4 Å². The minimum atomic E-state index is -0.965. The number of nitrogens with one attached hydrogen (secondary N) is 2. The number of carboxylic acid groups (broad SMARTS) is 1. The minimum absolute atomic E-state index is 0. The molecule has 4 rings (SSSR count). The fourth-order valence-electron chi connectivity index (χ4n) is 4.46. The summed E-state index contributed by atoms with van der Waals surface area (Å²) in [6, 6.07) is 22.6. The molecule has 0 bridgehead atoms. The van der Waals surface area contributed by atoms with Crippen LogP contribution in [0.15, 0.2) is 83.8 Å². The van der Waals surface area contributed by atoms with E-state index in [4.69, 9.17) is 5.11 Å². The van der Waals surface area contributed by atoms with Gasteiger partial charge in [-0.3, -0.25) is 14.5 Å². The van der Waals surface area contributed by atoms with E-state index in [1.54, 1.807) is 28.8 Å². The number of nitrogens with zero attached hydrogens (tertiary/aromatic N) is 1. The minimum Gasteiger partial charge on any atom is -0.481 e. The fraction of sp³-hybridized carbons (Fsp3) is 0.281. The van der Waals surface area contributed by atoms with Crippen molar-refractivity contribution in [3.63, 3.8) is 0 Å². The number of aliphatic carboxylic acids is 1. The molecular formula is C32H37N3O4S. The van der Waals surface area contributed by atoms with Crippen LogP contribution in [0.25, 0.3) is 5.57 Å². The van der Waals surface area contributed by atoms with E-state index < -0.39 is 5.97 Å². The molecule has 210 valence electrons. The lowest BCUT2D eigenvalue weighted by atomic mass is 9.93. The molecule has 0 heterocycles. The van der Waals surface area contributed by atoms with Gasteiger partial charge in [0, 0.05) is 28.4 Å². The average Bonchev–Trinajstić information content (AvgIpc) is 2.96. The quantitative estimate of drug-likeness (QED) is 0.224. The summed E-state index contributed by atoms with van der Waals surface area (Å²) in [4.78, 5) is 39.3. The molecule has 0 aromatic heterocycles. The van der Waals surface area contributed by atoms with Crippen molar-refractivity contribution in [2.24, 2.45) is 0 Å². The normalized spacial score (nSPS) is 12.5. The van der Waals surface area contributed by atoms with E-state index >= 15 is 0 Å². The summed E-state index contributed by atoms with van der Waals surface area (Å²) in [7, 11) is 0. The number of carbonyl (C=O) groups is 3. The van der Waals surface area contributed by atoms with Crippen LogP contribution >= 0.6 is 11.8 Å². The monoisotopic (exact) mass is 559 g/mol. The molecule has 0 radical (unpaired) electrons. The Labute approximate surface area is 240 Å². The predicted molar refractivity (Wildman–Crippen MR) is 164 cm³/mol. The lowest BCUT2D eigenvalue weighted by Gasteiger charge is -2.24. The SMILES string of the molecule is C.CSc1cccc(NC(=O)N(Cc2ccc(C(=O)NCCC(=O)O)cc2)c2ccc(C3=CCCCC3)cc2)c1. The van der Waals surface area contributed by atoms with Crippen LogP contribution in [0.1, 0.15) is 61.0 Å². The Balaban J connectivity index is 0.00000441. The first-order valence-corrected chi connectivity index (χ1v) is 14.3. The first kappa shape index (κ1) is 30.5. The topological polar surface area (TPSA) is 98.7 Å². The molecule has 0 fully saturated rings. The summed E-state index contributed by atoms with van der Waals surface area (Å²) in [6.07, 6.45) is 8.78. The summed E-state index contributed by atoms with van der Waals surface area (Å²) >= 11 is 1.61. The predicted octanol–water partition coefficient (Wildman–Crippen LogP) is 7.45. The summed E-state index contributed by atoms with van der Waals surface area (Å²) < 4.78 is 0. The molecule has 3 aromatic carbocycles. The summed E-state index contributed by atoms with van der Waals surface area (Å²) in [6.45, 7) is 0.367. The third-order valence-corrected chi connectivity index (χ3v) is 7.31. The number of carboxylic acids is 1. The number of carbonyl (C=O) groups excluding carboxylic acids is 2. The van der Waals surface area contributed by atoms with Crippen molar-refractivity contribution < 1.29 is 19.5 Å². The maximum absolute atomic E-state index is 13.5. The number of allylic oxidation sites excluding steroid dienone is 2. The Bertz CT molecular complexity index is 1340. The van der Waals surface area contributed by atoms with Crippen molar-refractivity contribution in [2.75, 3.05) is 23.0 Å².